The van der Waals surface area contributed by atoms with Gasteiger partial charge < -0.3 is 9.15 Å². The smallest absolute Gasteiger partial charge is 0.349 e. The maximum atomic E-state index is 12.2. The van der Waals surface area contributed by atoms with Gasteiger partial charge in [-0.1, -0.05) is 18.2 Å². The summed E-state index contributed by atoms with van der Waals surface area (Å²) in [6, 6.07) is 13.6. The van der Waals surface area contributed by atoms with Gasteiger partial charge >= 0.3 is 5.63 Å². The SMILES string of the molecule is COc1ccc(S(=O)(=O)NNC(=O)c2cc3ccccc3oc2=O)cc1. The maximum absolute atomic E-state index is 12.2. The first kappa shape index (κ1) is 17.6. The summed E-state index contributed by atoms with van der Waals surface area (Å²) in [6.07, 6.45) is 0. The summed E-state index contributed by atoms with van der Waals surface area (Å²) in [4.78, 5) is 25.9. The number of ether oxygens (including phenoxy) is 1. The van der Waals surface area contributed by atoms with Gasteiger partial charge in [-0.3, -0.25) is 10.2 Å². The molecule has 8 nitrogen and oxygen atoms in total. The average molecular weight is 374 g/mol. The number of hydrazine groups is 1. The van der Waals surface area contributed by atoms with E-state index in [0.29, 0.717) is 16.7 Å². The third-order valence-electron chi connectivity index (χ3n) is 3.55. The molecule has 0 aliphatic carbocycles. The number of para-hydroxylation sites is 1. The molecular weight excluding hydrogens is 360 g/mol. The van der Waals surface area contributed by atoms with E-state index in [2.05, 4.69) is 0 Å². The molecule has 0 atom stereocenters. The highest BCUT2D eigenvalue weighted by molar-refractivity contribution is 7.89. The second kappa shape index (κ2) is 6.98. The molecular formula is C17H14N2O6S. The van der Waals surface area contributed by atoms with Crippen LogP contribution >= 0.6 is 0 Å². The Hall–Kier alpha value is -3.17. The second-order valence-electron chi connectivity index (χ2n) is 5.22. The van der Waals surface area contributed by atoms with Gasteiger partial charge in [0.1, 0.15) is 16.9 Å². The fraction of sp³-hybridized carbons (Fsp3) is 0.0588. The molecule has 0 aliphatic rings. The number of hydrogen-bond donors (Lipinski definition) is 2. The van der Waals surface area contributed by atoms with E-state index in [0.717, 1.165) is 0 Å². The summed E-state index contributed by atoms with van der Waals surface area (Å²) < 4.78 is 34.4. The molecule has 1 amide bonds. The lowest BCUT2D eigenvalue weighted by molar-refractivity contribution is 0.0941. The summed E-state index contributed by atoms with van der Waals surface area (Å²) in [7, 11) is -2.56. The molecule has 2 N–H and O–H groups in total. The Morgan fingerprint density at radius 1 is 1.08 bits per heavy atom. The number of benzene rings is 2. The van der Waals surface area contributed by atoms with Gasteiger partial charge in [0.2, 0.25) is 0 Å². The topological polar surface area (TPSA) is 115 Å². The Labute approximate surface area is 148 Å². The number of fused-ring (bicyclic) bond motifs is 1. The van der Waals surface area contributed by atoms with Crippen LogP contribution in [0.5, 0.6) is 5.75 Å². The van der Waals surface area contributed by atoms with E-state index in [1.165, 1.54) is 37.4 Å². The Morgan fingerprint density at radius 2 is 1.77 bits per heavy atom. The molecule has 134 valence electrons. The van der Waals surface area contributed by atoms with Crippen LogP contribution in [-0.4, -0.2) is 21.4 Å². The lowest BCUT2D eigenvalue weighted by Crippen LogP contribution is -2.42. The van der Waals surface area contributed by atoms with Gasteiger partial charge in [0.05, 0.1) is 12.0 Å². The highest BCUT2D eigenvalue weighted by Gasteiger charge is 2.18. The quantitative estimate of drug-likeness (QED) is 0.516. The number of sulfonamides is 1. The van der Waals surface area contributed by atoms with E-state index in [4.69, 9.17) is 9.15 Å². The molecule has 0 radical (unpaired) electrons. The Morgan fingerprint density at radius 3 is 2.46 bits per heavy atom. The predicted molar refractivity (Wildman–Crippen MR) is 93.3 cm³/mol. The van der Waals surface area contributed by atoms with Crippen molar-refractivity contribution in [3.05, 3.63) is 70.6 Å². The fourth-order valence-electron chi connectivity index (χ4n) is 2.21. The predicted octanol–water partition coefficient (Wildman–Crippen LogP) is 1.42. The molecule has 2 aromatic carbocycles. The maximum Gasteiger partial charge on any atom is 0.349 e. The van der Waals surface area contributed by atoms with Crippen LogP contribution < -0.4 is 20.6 Å². The van der Waals surface area contributed by atoms with E-state index in [9.17, 15) is 18.0 Å². The molecule has 3 aromatic rings. The molecule has 0 fully saturated rings. The number of carbonyl (C=O) groups excluding carboxylic acids is 1. The summed E-state index contributed by atoms with van der Waals surface area (Å²) >= 11 is 0. The third-order valence-corrected chi connectivity index (χ3v) is 4.82. The van der Waals surface area contributed by atoms with Crippen LogP contribution in [0.4, 0.5) is 0 Å². The lowest BCUT2D eigenvalue weighted by Gasteiger charge is -2.09. The minimum Gasteiger partial charge on any atom is -0.497 e. The number of amides is 1. The average Bonchev–Trinajstić information content (AvgIpc) is 2.65. The monoisotopic (exact) mass is 374 g/mol. The molecule has 0 unspecified atom stereocenters. The van der Waals surface area contributed by atoms with Crippen LogP contribution in [0.25, 0.3) is 11.0 Å². The van der Waals surface area contributed by atoms with Crippen molar-refractivity contribution < 1.29 is 22.4 Å². The number of nitrogens with one attached hydrogen (secondary N) is 2. The van der Waals surface area contributed by atoms with Gasteiger partial charge in [-0.2, -0.15) is 0 Å². The zero-order valence-electron chi connectivity index (χ0n) is 13.6. The molecule has 0 saturated carbocycles. The number of carbonyl (C=O) groups is 1. The van der Waals surface area contributed by atoms with E-state index in [1.807, 2.05) is 10.3 Å². The Bertz CT molecular complexity index is 1120. The molecule has 0 bridgehead atoms. The van der Waals surface area contributed by atoms with Crippen LogP contribution in [0.2, 0.25) is 0 Å². The van der Waals surface area contributed by atoms with Crippen molar-refractivity contribution in [2.24, 2.45) is 0 Å². The van der Waals surface area contributed by atoms with Crippen molar-refractivity contribution >= 4 is 26.9 Å². The van der Waals surface area contributed by atoms with Crippen molar-refractivity contribution in [2.45, 2.75) is 4.90 Å². The molecule has 3 rings (SSSR count). The second-order valence-corrected chi connectivity index (χ2v) is 6.90. The molecule has 1 aromatic heterocycles. The van der Waals surface area contributed by atoms with Gasteiger partial charge in [0.15, 0.2) is 0 Å². The van der Waals surface area contributed by atoms with Crippen LogP contribution in [0.1, 0.15) is 10.4 Å². The molecule has 9 heteroatoms. The van der Waals surface area contributed by atoms with Crippen LogP contribution in [-0.2, 0) is 10.0 Å². The highest BCUT2D eigenvalue weighted by atomic mass is 32.2. The summed E-state index contributed by atoms with van der Waals surface area (Å²) in [5.41, 5.74) is 1.14. The minimum absolute atomic E-state index is 0.0795. The molecule has 0 saturated heterocycles. The minimum atomic E-state index is -4.01. The largest absolute Gasteiger partial charge is 0.497 e. The van der Waals surface area contributed by atoms with Crippen molar-refractivity contribution in [1.29, 1.82) is 0 Å². The molecule has 0 spiro atoms. The van der Waals surface area contributed by atoms with Crippen LogP contribution in [0.3, 0.4) is 0 Å². The first-order chi connectivity index (χ1) is 12.4. The zero-order valence-corrected chi connectivity index (χ0v) is 14.4. The standard InChI is InChI=1S/C17H14N2O6S/c1-24-12-6-8-13(9-7-12)26(22,23)19-18-16(20)14-10-11-4-2-3-5-15(11)25-17(14)21/h2-10,19H,1H3,(H,18,20). The van der Waals surface area contributed by atoms with Crippen molar-refractivity contribution in [3.63, 3.8) is 0 Å². The first-order valence-electron chi connectivity index (χ1n) is 7.40. The Balaban J connectivity index is 1.79. The normalized spacial score (nSPS) is 11.3. The molecule has 26 heavy (non-hydrogen) atoms. The van der Waals surface area contributed by atoms with Crippen molar-refractivity contribution in [1.82, 2.24) is 10.3 Å². The van der Waals surface area contributed by atoms with Gasteiger partial charge in [-0.15, -0.1) is 4.83 Å². The summed E-state index contributed by atoms with van der Waals surface area (Å²) in [5.74, 6) is -0.441. The van der Waals surface area contributed by atoms with E-state index in [1.54, 1.807) is 24.3 Å². The lowest BCUT2D eigenvalue weighted by atomic mass is 10.2. The fourth-order valence-corrected chi connectivity index (χ4v) is 3.05. The number of hydrogen-bond acceptors (Lipinski definition) is 6. The van der Waals surface area contributed by atoms with E-state index >= 15 is 0 Å². The van der Waals surface area contributed by atoms with Gasteiger partial charge in [-0.25, -0.2) is 13.2 Å². The highest BCUT2D eigenvalue weighted by Crippen LogP contribution is 2.15. The van der Waals surface area contributed by atoms with Crippen molar-refractivity contribution in [3.8, 4) is 5.75 Å². The van der Waals surface area contributed by atoms with Gasteiger partial charge in [-0.05, 0) is 36.4 Å². The number of methoxy groups -OCH3 is 1. The Kier molecular flexibility index (Phi) is 4.74. The van der Waals surface area contributed by atoms with Crippen LogP contribution in [0.15, 0.2) is 68.7 Å². The van der Waals surface area contributed by atoms with Crippen LogP contribution in [0, 0.1) is 0 Å². The van der Waals surface area contributed by atoms with Gasteiger partial charge in [0, 0.05) is 5.39 Å². The third kappa shape index (κ3) is 3.58. The number of rotatable bonds is 5. The molecule has 0 aliphatic heterocycles. The van der Waals surface area contributed by atoms with E-state index in [-0.39, 0.29) is 10.5 Å². The van der Waals surface area contributed by atoms with Gasteiger partial charge in [0.25, 0.3) is 15.9 Å². The summed E-state index contributed by atoms with van der Waals surface area (Å²) in [6.45, 7) is 0. The first-order valence-corrected chi connectivity index (χ1v) is 8.88. The van der Waals surface area contributed by atoms with E-state index < -0.39 is 21.6 Å². The summed E-state index contributed by atoms with van der Waals surface area (Å²) in [5, 5.41) is 0.537. The van der Waals surface area contributed by atoms with Crippen molar-refractivity contribution in [2.75, 3.05) is 7.11 Å². The zero-order chi connectivity index (χ0) is 18.7. The molecule has 1 heterocycles.